The summed E-state index contributed by atoms with van der Waals surface area (Å²) >= 11 is 0. The highest BCUT2D eigenvalue weighted by molar-refractivity contribution is 5.66. The molecule has 0 saturated heterocycles. The number of carbonyl (C=O) groups is 1. The minimum absolute atomic E-state index is 0. The van der Waals surface area contributed by atoms with Gasteiger partial charge >= 0.3 is 5.97 Å². The van der Waals surface area contributed by atoms with Crippen LogP contribution < -0.4 is 0 Å². The van der Waals surface area contributed by atoms with Crippen molar-refractivity contribution in [2.24, 2.45) is 0 Å². The Balaban J connectivity index is -0.000000845. The molecular formula is C12H26O4. The summed E-state index contributed by atoms with van der Waals surface area (Å²) in [4.78, 5) is 10.4. The predicted molar refractivity (Wildman–Crippen MR) is 66.0 cm³/mol. The largest absolute Gasteiger partial charge is 0.469 e. The van der Waals surface area contributed by atoms with E-state index >= 15 is 0 Å². The van der Waals surface area contributed by atoms with Crippen LogP contribution in [-0.2, 0) is 19.0 Å². The minimum atomic E-state index is -0.349. The summed E-state index contributed by atoms with van der Waals surface area (Å²) in [7, 11) is 0. The molecule has 0 fully saturated rings. The second kappa shape index (κ2) is 12.0. The molecule has 0 amide bonds. The van der Waals surface area contributed by atoms with Crippen LogP contribution in [-0.4, -0.2) is 25.5 Å². The van der Waals surface area contributed by atoms with Crippen molar-refractivity contribution in [2.75, 3.05) is 13.4 Å². The molecule has 0 saturated carbocycles. The van der Waals surface area contributed by atoms with E-state index in [4.69, 9.17) is 9.47 Å². The summed E-state index contributed by atoms with van der Waals surface area (Å²) in [6, 6.07) is 0. The van der Waals surface area contributed by atoms with Crippen LogP contribution in [0.3, 0.4) is 0 Å². The zero-order valence-corrected chi connectivity index (χ0v) is 9.04. The molecule has 16 heavy (non-hydrogen) atoms. The van der Waals surface area contributed by atoms with Gasteiger partial charge in [0.15, 0.2) is 6.79 Å². The van der Waals surface area contributed by atoms with Crippen molar-refractivity contribution in [2.45, 2.75) is 48.1 Å². The van der Waals surface area contributed by atoms with Gasteiger partial charge in [-0.1, -0.05) is 28.4 Å². The molecule has 0 rings (SSSR count). The van der Waals surface area contributed by atoms with Crippen molar-refractivity contribution >= 4 is 5.97 Å². The van der Waals surface area contributed by atoms with Crippen LogP contribution in [0.4, 0.5) is 0 Å². The Kier molecular flexibility index (Phi) is 15.3. The van der Waals surface area contributed by atoms with Crippen LogP contribution in [0.1, 0.15) is 42.0 Å². The lowest BCUT2D eigenvalue weighted by atomic mass is 10.3. The summed E-state index contributed by atoms with van der Waals surface area (Å²) in [5, 5.41) is 0. The molecule has 0 aliphatic rings. The second-order valence-corrected chi connectivity index (χ2v) is 2.97. The van der Waals surface area contributed by atoms with Crippen molar-refractivity contribution in [3.63, 3.8) is 0 Å². The molecular weight excluding hydrogens is 208 g/mol. The Morgan fingerprint density at radius 2 is 1.88 bits per heavy atom. The van der Waals surface area contributed by atoms with Crippen molar-refractivity contribution in [1.82, 2.24) is 0 Å². The van der Waals surface area contributed by atoms with Crippen molar-refractivity contribution < 1.29 is 19.0 Å². The fourth-order valence-corrected chi connectivity index (χ4v) is 0.575. The van der Waals surface area contributed by atoms with Crippen molar-refractivity contribution in [3.05, 3.63) is 12.3 Å². The van der Waals surface area contributed by atoms with Gasteiger partial charge in [-0.25, -0.2) is 0 Å². The molecule has 1 atom stereocenters. The van der Waals surface area contributed by atoms with Crippen LogP contribution in [0.15, 0.2) is 12.3 Å². The standard InChI is InChI=1S/C10H18O4.2CH4/c1-5-8(2)13-7-14-9(3)6-12-10(4)11;;/h8H,3,5-7H2,1-2,4H3;2*1H4. The smallest absolute Gasteiger partial charge is 0.303 e. The Morgan fingerprint density at radius 1 is 1.31 bits per heavy atom. The third-order valence-corrected chi connectivity index (χ3v) is 1.63. The molecule has 1 unspecified atom stereocenters. The summed E-state index contributed by atoms with van der Waals surface area (Å²) < 4.78 is 15.0. The fraction of sp³-hybridized carbons (Fsp3) is 0.750. The molecule has 0 bridgehead atoms. The zero-order chi connectivity index (χ0) is 11.0. The average molecular weight is 234 g/mol. The predicted octanol–water partition coefficient (Wildman–Crippen LogP) is 3.12. The van der Waals surface area contributed by atoms with E-state index in [1.54, 1.807) is 0 Å². The Hall–Kier alpha value is -1.03. The number of carbonyl (C=O) groups excluding carboxylic acids is 1. The van der Waals surface area contributed by atoms with Gasteiger partial charge in [-0.3, -0.25) is 4.79 Å². The third-order valence-electron chi connectivity index (χ3n) is 1.63. The Labute approximate surface area is 99.6 Å². The average Bonchev–Trinajstić information content (AvgIpc) is 2.14. The van der Waals surface area contributed by atoms with E-state index in [0.29, 0.717) is 5.76 Å². The topological polar surface area (TPSA) is 44.8 Å². The lowest BCUT2D eigenvalue weighted by Gasteiger charge is -2.12. The van der Waals surface area contributed by atoms with E-state index in [1.807, 2.05) is 13.8 Å². The number of hydrogen-bond acceptors (Lipinski definition) is 4. The van der Waals surface area contributed by atoms with Gasteiger partial charge in [0.1, 0.15) is 12.4 Å². The molecule has 0 aliphatic heterocycles. The van der Waals surface area contributed by atoms with Crippen LogP contribution in [0.25, 0.3) is 0 Å². The lowest BCUT2D eigenvalue weighted by Crippen LogP contribution is -2.12. The third kappa shape index (κ3) is 13.0. The number of esters is 1. The van der Waals surface area contributed by atoms with E-state index < -0.39 is 0 Å². The van der Waals surface area contributed by atoms with Crippen LogP contribution in [0.5, 0.6) is 0 Å². The molecule has 0 N–H and O–H groups in total. The molecule has 98 valence electrons. The van der Waals surface area contributed by atoms with Crippen LogP contribution in [0, 0.1) is 0 Å². The van der Waals surface area contributed by atoms with Crippen molar-refractivity contribution in [1.29, 1.82) is 0 Å². The Bertz CT molecular complexity index is 189. The summed E-state index contributed by atoms with van der Waals surface area (Å²) in [6.07, 6.45) is 1.09. The molecule has 4 heteroatoms. The number of hydrogen-bond donors (Lipinski definition) is 0. The molecule has 4 nitrogen and oxygen atoms in total. The number of rotatable bonds is 7. The minimum Gasteiger partial charge on any atom is -0.469 e. The molecule has 0 aromatic carbocycles. The Morgan fingerprint density at radius 3 is 2.31 bits per heavy atom. The highest BCUT2D eigenvalue weighted by Crippen LogP contribution is 1.99. The van der Waals surface area contributed by atoms with Gasteiger partial charge in [-0.05, 0) is 13.3 Å². The highest BCUT2D eigenvalue weighted by Gasteiger charge is 2.01. The van der Waals surface area contributed by atoms with Crippen LogP contribution in [0.2, 0.25) is 0 Å². The molecule has 0 spiro atoms. The van der Waals surface area contributed by atoms with Crippen molar-refractivity contribution in [3.8, 4) is 0 Å². The van der Waals surface area contributed by atoms with Gasteiger partial charge in [0.05, 0.1) is 6.10 Å². The van der Waals surface area contributed by atoms with E-state index in [1.165, 1.54) is 6.92 Å². The van der Waals surface area contributed by atoms with Gasteiger partial charge in [0.2, 0.25) is 0 Å². The molecule has 0 aliphatic carbocycles. The summed E-state index contributed by atoms with van der Waals surface area (Å²) in [5.41, 5.74) is 0. The van der Waals surface area contributed by atoms with Gasteiger partial charge in [-0.2, -0.15) is 0 Å². The van der Waals surface area contributed by atoms with Crippen LogP contribution >= 0.6 is 0 Å². The second-order valence-electron chi connectivity index (χ2n) is 2.97. The fourth-order valence-electron chi connectivity index (χ4n) is 0.575. The van der Waals surface area contributed by atoms with E-state index in [-0.39, 0.29) is 40.3 Å². The maximum Gasteiger partial charge on any atom is 0.303 e. The SMILES string of the molecule is C.C.C=C(COC(C)=O)OCOC(C)CC. The molecule has 0 aromatic rings. The highest BCUT2D eigenvalue weighted by atomic mass is 16.7. The first-order valence-corrected chi connectivity index (χ1v) is 4.61. The van der Waals surface area contributed by atoms with Gasteiger partial charge in [-0.15, -0.1) is 0 Å². The molecule has 0 aromatic heterocycles. The summed E-state index contributed by atoms with van der Waals surface area (Å²) in [6.45, 7) is 9.12. The van der Waals surface area contributed by atoms with Gasteiger partial charge in [0, 0.05) is 6.92 Å². The zero-order valence-electron chi connectivity index (χ0n) is 9.04. The first-order chi connectivity index (χ1) is 6.56. The maximum atomic E-state index is 10.4. The summed E-state index contributed by atoms with van der Waals surface area (Å²) in [5.74, 6) is 0.0427. The van der Waals surface area contributed by atoms with E-state index in [2.05, 4.69) is 11.3 Å². The van der Waals surface area contributed by atoms with Gasteiger partial charge in [0.25, 0.3) is 0 Å². The quantitative estimate of drug-likeness (QED) is 0.385. The first kappa shape index (κ1) is 20.4. The van der Waals surface area contributed by atoms with E-state index in [9.17, 15) is 4.79 Å². The molecule has 0 heterocycles. The normalized spacial score (nSPS) is 10.4. The lowest BCUT2D eigenvalue weighted by molar-refractivity contribution is -0.142. The maximum absolute atomic E-state index is 10.4. The molecule has 0 radical (unpaired) electrons. The first-order valence-electron chi connectivity index (χ1n) is 4.61. The monoisotopic (exact) mass is 234 g/mol. The number of ether oxygens (including phenoxy) is 3. The van der Waals surface area contributed by atoms with E-state index in [0.717, 1.165) is 6.42 Å². The van der Waals surface area contributed by atoms with Gasteiger partial charge < -0.3 is 14.2 Å².